The molecule has 0 unspecified atom stereocenters. The van der Waals surface area contributed by atoms with Crippen molar-refractivity contribution >= 4 is 11.3 Å². The van der Waals surface area contributed by atoms with Crippen LogP contribution in [0.2, 0.25) is 0 Å². The molecule has 2 aromatic rings. The molecule has 1 aromatic carbocycles. The molecule has 0 saturated carbocycles. The van der Waals surface area contributed by atoms with Gasteiger partial charge >= 0.3 is 0 Å². The van der Waals surface area contributed by atoms with Gasteiger partial charge in [0.2, 0.25) is 0 Å². The van der Waals surface area contributed by atoms with Crippen molar-refractivity contribution < 1.29 is 9.13 Å². The van der Waals surface area contributed by atoms with Crippen LogP contribution in [-0.4, -0.2) is 49.2 Å². The number of nitrogens with zero attached hydrogens (tertiary/aromatic N) is 2. The van der Waals surface area contributed by atoms with Gasteiger partial charge in [0.05, 0.1) is 13.2 Å². The van der Waals surface area contributed by atoms with Crippen molar-refractivity contribution in [1.29, 1.82) is 0 Å². The lowest BCUT2D eigenvalue weighted by Gasteiger charge is -2.28. The Morgan fingerprint density at radius 1 is 1.12 bits per heavy atom. The molecule has 1 aliphatic heterocycles. The molecule has 2 heterocycles. The average Bonchev–Trinajstić information content (AvgIpc) is 3.02. The molecular weight excluding hydrogens is 335 g/mol. The Labute approximate surface area is 154 Å². The minimum Gasteiger partial charge on any atom is -0.379 e. The highest BCUT2D eigenvalue weighted by atomic mass is 32.1. The van der Waals surface area contributed by atoms with E-state index >= 15 is 0 Å². The van der Waals surface area contributed by atoms with Gasteiger partial charge < -0.3 is 4.74 Å². The Bertz CT molecular complexity index is 637. The molecule has 3 rings (SSSR count). The van der Waals surface area contributed by atoms with Crippen LogP contribution in [0.15, 0.2) is 35.7 Å². The SMILES string of the molecule is Cc1ccsc1CN(CCCN1CCOCC1)Cc1ccc(F)cc1. The fraction of sp³-hybridized carbons (Fsp3) is 0.500. The topological polar surface area (TPSA) is 15.7 Å². The van der Waals surface area contributed by atoms with Gasteiger partial charge in [0.1, 0.15) is 5.82 Å². The van der Waals surface area contributed by atoms with E-state index in [1.807, 2.05) is 23.5 Å². The third kappa shape index (κ3) is 5.89. The van der Waals surface area contributed by atoms with Gasteiger partial charge in [0, 0.05) is 37.6 Å². The molecule has 1 saturated heterocycles. The second kappa shape index (κ2) is 9.43. The molecule has 0 spiro atoms. The fourth-order valence-corrected chi connectivity index (χ4v) is 4.12. The zero-order chi connectivity index (χ0) is 17.5. The summed E-state index contributed by atoms with van der Waals surface area (Å²) in [5, 5.41) is 2.16. The largest absolute Gasteiger partial charge is 0.379 e. The first-order chi connectivity index (χ1) is 12.2. The number of hydrogen-bond acceptors (Lipinski definition) is 4. The predicted octanol–water partition coefficient (Wildman–Crippen LogP) is 3.92. The molecular formula is C20H27FN2OS. The Kier molecular flexibility index (Phi) is 6.99. The second-order valence-electron chi connectivity index (χ2n) is 6.67. The molecule has 3 nitrogen and oxygen atoms in total. The van der Waals surface area contributed by atoms with E-state index < -0.39 is 0 Å². The van der Waals surface area contributed by atoms with Crippen LogP contribution >= 0.6 is 11.3 Å². The van der Waals surface area contributed by atoms with E-state index in [4.69, 9.17) is 4.74 Å². The van der Waals surface area contributed by atoms with E-state index in [1.54, 1.807) is 12.1 Å². The number of aryl methyl sites for hydroxylation is 1. The Hall–Kier alpha value is -1.27. The summed E-state index contributed by atoms with van der Waals surface area (Å²) in [5.74, 6) is -0.170. The number of rotatable bonds is 8. The van der Waals surface area contributed by atoms with E-state index in [0.29, 0.717) is 0 Å². The van der Waals surface area contributed by atoms with Gasteiger partial charge in [-0.05, 0) is 54.6 Å². The van der Waals surface area contributed by atoms with Crippen molar-refractivity contribution in [2.45, 2.75) is 26.4 Å². The van der Waals surface area contributed by atoms with Crippen molar-refractivity contribution in [1.82, 2.24) is 9.80 Å². The first kappa shape index (κ1) is 18.5. The molecule has 5 heteroatoms. The number of halogens is 1. The summed E-state index contributed by atoms with van der Waals surface area (Å²) in [7, 11) is 0. The number of ether oxygens (including phenoxy) is 1. The van der Waals surface area contributed by atoms with E-state index in [9.17, 15) is 4.39 Å². The quantitative estimate of drug-likeness (QED) is 0.708. The maximum absolute atomic E-state index is 13.2. The van der Waals surface area contributed by atoms with Crippen molar-refractivity contribution in [2.24, 2.45) is 0 Å². The third-order valence-corrected chi connectivity index (χ3v) is 5.71. The van der Waals surface area contributed by atoms with Crippen LogP contribution in [-0.2, 0) is 17.8 Å². The number of morpholine rings is 1. The molecule has 0 amide bonds. The summed E-state index contributed by atoms with van der Waals surface area (Å²) >= 11 is 1.82. The zero-order valence-electron chi connectivity index (χ0n) is 14.9. The molecule has 0 N–H and O–H groups in total. The highest BCUT2D eigenvalue weighted by Gasteiger charge is 2.13. The van der Waals surface area contributed by atoms with Crippen LogP contribution in [0.3, 0.4) is 0 Å². The molecule has 0 aliphatic carbocycles. The summed E-state index contributed by atoms with van der Waals surface area (Å²) in [6.45, 7) is 9.96. The molecule has 25 heavy (non-hydrogen) atoms. The van der Waals surface area contributed by atoms with Gasteiger partial charge in [-0.2, -0.15) is 0 Å². The van der Waals surface area contributed by atoms with Gasteiger partial charge in [-0.25, -0.2) is 4.39 Å². The number of thiophene rings is 1. The standard InChI is InChI=1S/C20H27FN2OS/c1-17-7-14-25-20(17)16-23(15-18-3-5-19(21)6-4-18)9-2-8-22-10-12-24-13-11-22/h3-7,14H,2,8-13,15-16H2,1H3. The minimum absolute atomic E-state index is 0.170. The summed E-state index contributed by atoms with van der Waals surface area (Å²) in [6, 6.07) is 9.08. The van der Waals surface area contributed by atoms with Crippen LogP contribution in [0.5, 0.6) is 0 Å². The summed E-state index contributed by atoms with van der Waals surface area (Å²) in [4.78, 5) is 6.39. The first-order valence-corrected chi connectivity index (χ1v) is 9.88. The summed E-state index contributed by atoms with van der Waals surface area (Å²) in [5.41, 5.74) is 2.53. The van der Waals surface area contributed by atoms with Crippen molar-refractivity contribution in [2.75, 3.05) is 39.4 Å². The van der Waals surface area contributed by atoms with Gasteiger partial charge in [-0.1, -0.05) is 12.1 Å². The number of benzene rings is 1. The van der Waals surface area contributed by atoms with Crippen LogP contribution in [0.4, 0.5) is 4.39 Å². The zero-order valence-corrected chi connectivity index (χ0v) is 15.7. The molecule has 1 aromatic heterocycles. The monoisotopic (exact) mass is 362 g/mol. The highest BCUT2D eigenvalue weighted by Crippen LogP contribution is 2.19. The first-order valence-electron chi connectivity index (χ1n) is 9.00. The van der Waals surface area contributed by atoms with Crippen LogP contribution in [0.25, 0.3) is 0 Å². The molecule has 136 valence electrons. The molecule has 1 aliphatic rings. The van der Waals surface area contributed by atoms with Gasteiger partial charge in [-0.3, -0.25) is 9.80 Å². The van der Waals surface area contributed by atoms with Gasteiger partial charge in [-0.15, -0.1) is 11.3 Å². The Balaban J connectivity index is 1.57. The van der Waals surface area contributed by atoms with Crippen molar-refractivity contribution in [3.05, 3.63) is 57.5 Å². The minimum atomic E-state index is -0.170. The lowest BCUT2D eigenvalue weighted by atomic mass is 10.2. The number of hydrogen-bond donors (Lipinski definition) is 0. The molecule has 1 fully saturated rings. The molecule has 0 radical (unpaired) electrons. The van der Waals surface area contributed by atoms with Crippen LogP contribution in [0, 0.1) is 12.7 Å². The van der Waals surface area contributed by atoms with E-state index in [0.717, 1.165) is 58.9 Å². The summed E-state index contributed by atoms with van der Waals surface area (Å²) < 4.78 is 18.6. The fourth-order valence-electron chi connectivity index (χ4n) is 3.17. The Morgan fingerprint density at radius 3 is 2.56 bits per heavy atom. The highest BCUT2D eigenvalue weighted by molar-refractivity contribution is 7.10. The molecule has 0 atom stereocenters. The van der Waals surface area contributed by atoms with E-state index in [2.05, 4.69) is 28.2 Å². The smallest absolute Gasteiger partial charge is 0.123 e. The maximum atomic E-state index is 13.2. The normalized spacial score (nSPS) is 15.8. The summed E-state index contributed by atoms with van der Waals surface area (Å²) in [6.07, 6.45) is 1.14. The van der Waals surface area contributed by atoms with Crippen LogP contribution in [0.1, 0.15) is 22.4 Å². The van der Waals surface area contributed by atoms with E-state index in [1.165, 1.54) is 16.0 Å². The molecule has 0 bridgehead atoms. The van der Waals surface area contributed by atoms with Crippen molar-refractivity contribution in [3.8, 4) is 0 Å². The second-order valence-corrected chi connectivity index (χ2v) is 7.67. The predicted molar refractivity (Wildman–Crippen MR) is 101 cm³/mol. The van der Waals surface area contributed by atoms with E-state index in [-0.39, 0.29) is 5.82 Å². The van der Waals surface area contributed by atoms with Gasteiger partial charge in [0.15, 0.2) is 0 Å². The van der Waals surface area contributed by atoms with Gasteiger partial charge in [0.25, 0.3) is 0 Å². The maximum Gasteiger partial charge on any atom is 0.123 e. The lowest BCUT2D eigenvalue weighted by molar-refractivity contribution is 0.0359. The third-order valence-electron chi connectivity index (χ3n) is 4.71. The Morgan fingerprint density at radius 2 is 1.88 bits per heavy atom. The van der Waals surface area contributed by atoms with Crippen molar-refractivity contribution in [3.63, 3.8) is 0 Å². The average molecular weight is 363 g/mol. The van der Waals surface area contributed by atoms with Crippen LogP contribution < -0.4 is 0 Å². The lowest BCUT2D eigenvalue weighted by Crippen LogP contribution is -2.38.